The van der Waals surface area contributed by atoms with Crippen molar-refractivity contribution in [3.8, 4) is 11.3 Å². The zero-order valence-corrected chi connectivity index (χ0v) is 11.0. The summed E-state index contributed by atoms with van der Waals surface area (Å²) in [5.74, 6) is 0. The van der Waals surface area contributed by atoms with Gasteiger partial charge in [0.2, 0.25) is 0 Å². The Balaban J connectivity index is 2.35. The predicted molar refractivity (Wildman–Crippen MR) is 71.8 cm³/mol. The molecular weight excluding hydrogens is 234 g/mol. The fourth-order valence-electron chi connectivity index (χ4n) is 2.54. The van der Waals surface area contributed by atoms with Crippen LogP contribution in [-0.4, -0.2) is 4.98 Å². The molecule has 1 aliphatic rings. The molecule has 1 nitrogen and oxygen atoms in total. The molecule has 0 aliphatic heterocycles. The van der Waals surface area contributed by atoms with Crippen LogP contribution in [0, 0.1) is 17.8 Å². The van der Waals surface area contributed by atoms with Gasteiger partial charge < -0.3 is 4.98 Å². The Morgan fingerprint density at radius 1 is 1.25 bits per heavy atom. The first-order chi connectivity index (χ1) is 7.65. The molecule has 82 valence electrons. The smallest absolute Gasteiger partial charge is 0.159 e. The maximum absolute atomic E-state index is 5.24. The second kappa shape index (κ2) is 3.54. The minimum Gasteiger partial charge on any atom is -0.337 e. The molecular formula is C13H13NS2. The standard InChI is InChI=1S/C13H13NS2/c1-7-5-8(2)9-3-4-11-12(10(9)6-7)14-13(15)16-11/h5-6H,3-4H2,1-2H3,(H,14,15). The SMILES string of the molecule is Cc1cc(C)c2c(c1)-c1[nH]c(=S)sc1CC2. The van der Waals surface area contributed by atoms with Crippen molar-refractivity contribution in [1.29, 1.82) is 0 Å². The lowest BCUT2D eigenvalue weighted by Crippen LogP contribution is -2.04. The van der Waals surface area contributed by atoms with E-state index in [9.17, 15) is 0 Å². The van der Waals surface area contributed by atoms with Crippen molar-refractivity contribution < 1.29 is 0 Å². The number of nitrogens with one attached hydrogen (secondary N) is 1. The molecule has 1 aromatic heterocycles. The summed E-state index contributed by atoms with van der Waals surface area (Å²) in [4.78, 5) is 4.76. The molecule has 0 atom stereocenters. The first kappa shape index (κ1) is 10.2. The number of fused-ring (bicyclic) bond motifs is 3. The third-order valence-electron chi connectivity index (χ3n) is 3.21. The average Bonchev–Trinajstić information content (AvgIpc) is 2.58. The molecule has 0 bridgehead atoms. The molecule has 1 aromatic carbocycles. The first-order valence-electron chi connectivity index (χ1n) is 5.47. The second-order valence-corrected chi connectivity index (χ2v) is 6.19. The maximum atomic E-state index is 5.24. The van der Waals surface area contributed by atoms with Gasteiger partial charge in [-0.15, -0.1) is 11.3 Å². The van der Waals surface area contributed by atoms with Gasteiger partial charge in [-0.05, 0) is 56.1 Å². The number of aryl methyl sites for hydroxylation is 3. The van der Waals surface area contributed by atoms with Crippen molar-refractivity contribution in [2.75, 3.05) is 0 Å². The molecule has 0 saturated carbocycles. The van der Waals surface area contributed by atoms with Crippen molar-refractivity contribution in [2.45, 2.75) is 26.7 Å². The number of hydrogen-bond acceptors (Lipinski definition) is 2. The van der Waals surface area contributed by atoms with E-state index in [1.165, 1.54) is 32.8 Å². The van der Waals surface area contributed by atoms with Gasteiger partial charge in [-0.2, -0.15) is 0 Å². The van der Waals surface area contributed by atoms with E-state index in [0.29, 0.717) is 0 Å². The Morgan fingerprint density at radius 3 is 2.88 bits per heavy atom. The van der Waals surface area contributed by atoms with Crippen LogP contribution in [0.15, 0.2) is 12.1 Å². The maximum Gasteiger partial charge on any atom is 0.159 e. The van der Waals surface area contributed by atoms with Gasteiger partial charge in [0.15, 0.2) is 3.95 Å². The van der Waals surface area contributed by atoms with Gasteiger partial charge in [-0.25, -0.2) is 0 Å². The molecule has 16 heavy (non-hydrogen) atoms. The van der Waals surface area contributed by atoms with E-state index in [4.69, 9.17) is 12.2 Å². The van der Waals surface area contributed by atoms with Crippen LogP contribution in [0.2, 0.25) is 0 Å². The molecule has 0 spiro atoms. The number of hydrogen-bond donors (Lipinski definition) is 1. The highest BCUT2D eigenvalue weighted by Crippen LogP contribution is 2.37. The van der Waals surface area contributed by atoms with E-state index >= 15 is 0 Å². The molecule has 1 aliphatic carbocycles. The van der Waals surface area contributed by atoms with Gasteiger partial charge in [-0.1, -0.05) is 11.6 Å². The van der Waals surface area contributed by atoms with Gasteiger partial charge in [0.25, 0.3) is 0 Å². The van der Waals surface area contributed by atoms with Crippen LogP contribution in [0.4, 0.5) is 0 Å². The van der Waals surface area contributed by atoms with Crippen molar-refractivity contribution in [3.63, 3.8) is 0 Å². The number of aromatic amines is 1. The zero-order chi connectivity index (χ0) is 11.3. The number of H-pyrrole nitrogens is 1. The Hall–Kier alpha value is -0.930. The summed E-state index contributed by atoms with van der Waals surface area (Å²) in [5, 5.41) is 0. The summed E-state index contributed by atoms with van der Waals surface area (Å²) in [5.41, 5.74) is 6.86. The van der Waals surface area contributed by atoms with Crippen LogP contribution in [0.5, 0.6) is 0 Å². The van der Waals surface area contributed by atoms with E-state index in [-0.39, 0.29) is 0 Å². The highest BCUT2D eigenvalue weighted by Gasteiger charge is 2.19. The van der Waals surface area contributed by atoms with Gasteiger partial charge in [0, 0.05) is 10.4 Å². The first-order valence-corrected chi connectivity index (χ1v) is 6.70. The van der Waals surface area contributed by atoms with Crippen LogP contribution in [0.25, 0.3) is 11.3 Å². The summed E-state index contributed by atoms with van der Waals surface area (Å²) in [7, 11) is 0. The monoisotopic (exact) mass is 247 g/mol. The molecule has 0 saturated heterocycles. The van der Waals surface area contributed by atoms with Gasteiger partial charge in [-0.3, -0.25) is 0 Å². The molecule has 1 heterocycles. The van der Waals surface area contributed by atoms with Crippen LogP contribution in [-0.2, 0) is 12.8 Å². The minimum absolute atomic E-state index is 0.900. The summed E-state index contributed by atoms with van der Waals surface area (Å²) >= 11 is 6.96. The summed E-state index contributed by atoms with van der Waals surface area (Å²) < 4.78 is 0.900. The molecule has 3 rings (SSSR count). The lowest BCUT2D eigenvalue weighted by molar-refractivity contribution is 0.941. The van der Waals surface area contributed by atoms with E-state index < -0.39 is 0 Å². The normalized spacial score (nSPS) is 13.4. The summed E-state index contributed by atoms with van der Waals surface area (Å²) in [6, 6.07) is 4.54. The topological polar surface area (TPSA) is 15.8 Å². The van der Waals surface area contributed by atoms with Gasteiger partial charge in [0.1, 0.15) is 0 Å². The third kappa shape index (κ3) is 1.46. The largest absolute Gasteiger partial charge is 0.337 e. The lowest BCUT2D eigenvalue weighted by Gasteiger charge is -2.18. The molecule has 0 amide bonds. The molecule has 0 fully saturated rings. The second-order valence-electron chi connectivity index (χ2n) is 4.42. The van der Waals surface area contributed by atoms with E-state index in [1.54, 1.807) is 11.3 Å². The molecule has 0 unspecified atom stereocenters. The van der Waals surface area contributed by atoms with Crippen LogP contribution in [0.1, 0.15) is 21.6 Å². The van der Waals surface area contributed by atoms with Crippen LogP contribution < -0.4 is 0 Å². The van der Waals surface area contributed by atoms with Crippen molar-refractivity contribution in [1.82, 2.24) is 4.98 Å². The third-order valence-corrected chi connectivity index (χ3v) is 4.50. The predicted octanol–water partition coefficient (Wildman–Crippen LogP) is 4.19. The fourth-order valence-corrected chi connectivity index (χ4v) is 3.79. The molecule has 3 heteroatoms. The molecule has 0 radical (unpaired) electrons. The quantitative estimate of drug-likeness (QED) is 0.690. The van der Waals surface area contributed by atoms with Gasteiger partial charge in [0.05, 0.1) is 5.69 Å². The zero-order valence-electron chi connectivity index (χ0n) is 9.39. The lowest BCUT2D eigenvalue weighted by atomic mass is 9.89. The number of aromatic nitrogens is 1. The van der Waals surface area contributed by atoms with E-state index in [0.717, 1.165) is 16.8 Å². The van der Waals surface area contributed by atoms with Crippen molar-refractivity contribution >= 4 is 23.6 Å². The Morgan fingerprint density at radius 2 is 2.06 bits per heavy atom. The van der Waals surface area contributed by atoms with Gasteiger partial charge >= 0.3 is 0 Å². The Kier molecular flexibility index (Phi) is 2.26. The highest BCUT2D eigenvalue weighted by atomic mass is 32.1. The summed E-state index contributed by atoms with van der Waals surface area (Å²) in [6.07, 6.45) is 2.28. The fraction of sp³-hybridized carbons (Fsp3) is 0.308. The number of benzene rings is 1. The summed E-state index contributed by atoms with van der Waals surface area (Å²) in [6.45, 7) is 4.36. The highest BCUT2D eigenvalue weighted by molar-refractivity contribution is 7.73. The minimum atomic E-state index is 0.900. The molecule has 2 aromatic rings. The Bertz CT molecular complexity index is 619. The Labute approximate surface area is 104 Å². The number of rotatable bonds is 0. The molecule has 1 N–H and O–H groups in total. The van der Waals surface area contributed by atoms with Crippen molar-refractivity contribution in [3.05, 3.63) is 37.7 Å². The average molecular weight is 247 g/mol. The van der Waals surface area contributed by atoms with E-state index in [1.807, 2.05) is 0 Å². The number of thiazole rings is 1. The van der Waals surface area contributed by atoms with Crippen LogP contribution in [0.3, 0.4) is 0 Å². The van der Waals surface area contributed by atoms with E-state index in [2.05, 4.69) is 31.0 Å². The van der Waals surface area contributed by atoms with Crippen LogP contribution >= 0.6 is 23.6 Å². The van der Waals surface area contributed by atoms with Crippen molar-refractivity contribution in [2.24, 2.45) is 0 Å².